The van der Waals surface area contributed by atoms with E-state index in [9.17, 15) is 19.7 Å². The highest BCUT2D eigenvalue weighted by Crippen LogP contribution is 2.31. The third-order valence-corrected chi connectivity index (χ3v) is 5.44. The summed E-state index contributed by atoms with van der Waals surface area (Å²) >= 11 is 0. The molecule has 2 fully saturated rings. The van der Waals surface area contributed by atoms with Gasteiger partial charge in [0.05, 0.1) is 23.5 Å². The van der Waals surface area contributed by atoms with Gasteiger partial charge in [-0.15, -0.1) is 0 Å². The summed E-state index contributed by atoms with van der Waals surface area (Å²) in [6, 6.07) is 4.46. The Morgan fingerprint density at radius 3 is 2.69 bits per heavy atom. The first-order valence-corrected chi connectivity index (χ1v) is 10.1. The van der Waals surface area contributed by atoms with Crippen LogP contribution in [0, 0.1) is 16.0 Å². The smallest absolute Gasteiger partial charge is 0.311 e. The van der Waals surface area contributed by atoms with Crippen molar-refractivity contribution in [3.05, 3.63) is 51.7 Å². The topological polar surface area (TPSA) is 98.5 Å². The van der Waals surface area contributed by atoms with Crippen LogP contribution in [-0.2, 0) is 9.59 Å². The average molecular weight is 398 g/mol. The summed E-state index contributed by atoms with van der Waals surface area (Å²) in [6.07, 6.45) is 9.79. The average Bonchev–Trinajstić information content (AvgIpc) is 2.69. The van der Waals surface area contributed by atoms with Gasteiger partial charge < -0.3 is 10.1 Å². The lowest BCUT2D eigenvalue weighted by atomic mass is 9.86. The molecule has 0 bridgehead atoms. The molecule has 1 amide bonds. The number of rotatable bonds is 7. The number of hydrogen-bond acceptors (Lipinski definition) is 5. The molecule has 1 aliphatic heterocycles. The van der Waals surface area contributed by atoms with Crippen LogP contribution >= 0.6 is 0 Å². The Balaban J connectivity index is 1.66. The third-order valence-electron chi connectivity index (χ3n) is 5.44. The molecule has 1 saturated heterocycles. The zero-order valence-corrected chi connectivity index (χ0v) is 16.4. The van der Waals surface area contributed by atoms with E-state index in [1.54, 1.807) is 6.07 Å². The molecule has 0 unspecified atom stereocenters. The lowest BCUT2D eigenvalue weighted by Gasteiger charge is -2.21. The molecule has 1 aliphatic carbocycles. The molecule has 0 radical (unpaired) electrons. The minimum Gasteiger partial charge on any atom is -0.487 e. The van der Waals surface area contributed by atoms with Crippen molar-refractivity contribution in [3.63, 3.8) is 0 Å². The molecule has 1 saturated carbocycles. The standard InChI is InChI=1S/C22H26N2O5/c1-15-12-20(25)18(22(26)23-15)13-17-9-10-21(19(14-17)24(27)28)29-11-5-8-16-6-3-2-4-7-16/h9-10,13-14,16H,1-8,11-12H2,(H,23,26)/b18-13+. The molecule has 7 nitrogen and oxygen atoms in total. The summed E-state index contributed by atoms with van der Waals surface area (Å²) < 4.78 is 5.67. The largest absolute Gasteiger partial charge is 0.487 e. The second-order valence-electron chi connectivity index (χ2n) is 7.69. The quantitative estimate of drug-likeness (QED) is 0.242. The van der Waals surface area contributed by atoms with E-state index < -0.39 is 10.8 Å². The molecule has 0 atom stereocenters. The van der Waals surface area contributed by atoms with Crippen molar-refractivity contribution in [1.82, 2.24) is 5.32 Å². The van der Waals surface area contributed by atoms with Crippen LogP contribution in [0.1, 0.15) is 56.9 Å². The van der Waals surface area contributed by atoms with Gasteiger partial charge in [0, 0.05) is 11.8 Å². The van der Waals surface area contributed by atoms with Gasteiger partial charge in [0.2, 0.25) is 0 Å². The van der Waals surface area contributed by atoms with Crippen molar-refractivity contribution in [2.45, 2.75) is 51.4 Å². The van der Waals surface area contributed by atoms with Gasteiger partial charge in [-0.2, -0.15) is 0 Å². The van der Waals surface area contributed by atoms with E-state index in [-0.39, 0.29) is 29.2 Å². The lowest BCUT2D eigenvalue weighted by Crippen LogP contribution is -2.34. The molecule has 1 heterocycles. The monoisotopic (exact) mass is 398 g/mol. The predicted octanol–water partition coefficient (Wildman–Crippen LogP) is 4.32. The molecule has 0 aromatic heterocycles. The summed E-state index contributed by atoms with van der Waals surface area (Å²) in [5.74, 6) is 0.0431. The predicted molar refractivity (Wildman–Crippen MR) is 109 cm³/mol. The number of Topliss-reactive ketones (excluding diaryl/α,β-unsaturated/α-hetero) is 1. The second-order valence-corrected chi connectivity index (χ2v) is 7.69. The van der Waals surface area contributed by atoms with E-state index in [4.69, 9.17) is 4.74 Å². The van der Waals surface area contributed by atoms with Crippen LogP contribution in [0.2, 0.25) is 0 Å². The lowest BCUT2D eigenvalue weighted by molar-refractivity contribution is -0.385. The summed E-state index contributed by atoms with van der Waals surface area (Å²) in [7, 11) is 0. The molecule has 154 valence electrons. The van der Waals surface area contributed by atoms with Crippen molar-refractivity contribution < 1.29 is 19.2 Å². The van der Waals surface area contributed by atoms with E-state index in [0.717, 1.165) is 18.8 Å². The zero-order chi connectivity index (χ0) is 20.8. The van der Waals surface area contributed by atoms with Gasteiger partial charge in [-0.25, -0.2) is 0 Å². The first-order valence-electron chi connectivity index (χ1n) is 10.1. The number of benzene rings is 1. The van der Waals surface area contributed by atoms with E-state index >= 15 is 0 Å². The Morgan fingerprint density at radius 2 is 2.00 bits per heavy atom. The number of ether oxygens (including phenoxy) is 1. The van der Waals surface area contributed by atoms with Gasteiger partial charge in [-0.05, 0) is 36.5 Å². The van der Waals surface area contributed by atoms with E-state index in [2.05, 4.69) is 11.9 Å². The number of nitrogens with one attached hydrogen (secondary N) is 1. The van der Waals surface area contributed by atoms with Crippen LogP contribution in [0.25, 0.3) is 6.08 Å². The molecule has 7 heteroatoms. The molecule has 1 aromatic rings. The van der Waals surface area contributed by atoms with Crippen molar-refractivity contribution in [1.29, 1.82) is 0 Å². The molecular formula is C22H26N2O5. The maximum atomic E-state index is 12.1. The SMILES string of the molecule is C=C1CC(=O)/C(=C\c2ccc(OCCCC3CCCCC3)c([N+](=O)[O-])c2)C(=O)N1. The zero-order valence-electron chi connectivity index (χ0n) is 16.4. The number of nitro groups is 1. The molecular weight excluding hydrogens is 372 g/mol. The van der Waals surface area contributed by atoms with Gasteiger partial charge in [0.15, 0.2) is 11.5 Å². The third kappa shape index (κ3) is 5.53. The highest BCUT2D eigenvalue weighted by Gasteiger charge is 2.25. The Bertz CT molecular complexity index is 831. The summed E-state index contributed by atoms with van der Waals surface area (Å²) in [6.45, 7) is 4.02. The Hall–Kier alpha value is -2.96. The number of carbonyl (C=O) groups excluding carboxylic acids is 2. The maximum Gasteiger partial charge on any atom is 0.311 e. The number of piperidine rings is 1. The van der Waals surface area contributed by atoms with Gasteiger partial charge in [-0.1, -0.05) is 44.7 Å². The minimum absolute atomic E-state index is 0.0296. The first kappa shape index (κ1) is 20.8. The van der Waals surface area contributed by atoms with Crippen LogP contribution < -0.4 is 10.1 Å². The number of carbonyl (C=O) groups is 2. The van der Waals surface area contributed by atoms with Gasteiger partial charge >= 0.3 is 5.69 Å². The van der Waals surface area contributed by atoms with Gasteiger partial charge in [0.1, 0.15) is 0 Å². The molecule has 0 spiro atoms. The number of hydrogen-bond donors (Lipinski definition) is 1. The molecule has 1 aromatic carbocycles. The molecule has 3 rings (SSSR count). The van der Waals surface area contributed by atoms with Crippen molar-refractivity contribution >= 4 is 23.5 Å². The van der Waals surface area contributed by atoms with Crippen LogP contribution in [0.5, 0.6) is 5.75 Å². The van der Waals surface area contributed by atoms with E-state index in [1.165, 1.54) is 50.3 Å². The summed E-state index contributed by atoms with van der Waals surface area (Å²) in [5, 5.41) is 14.0. The van der Waals surface area contributed by atoms with E-state index in [1.807, 2.05) is 0 Å². The number of nitrogens with zero attached hydrogens (tertiary/aromatic N) is 1. The number of amides is 1. The Morgan fingerprint density at radius 1 is 1.24 bits per heavy atom. The number of allylic oxidation sites excluding steroid dienone is 1. The summed E-state index contributed by atoms with van der Waals surface area (Å²) in [4.78, 5) is 35.0. The van der Waals surface area contributed by atoms with Crippen molar-refractivity contribution in [2.24, 2.45) is 5.92 Å². The Kier molecular flexibility index (Phi) is 6.80. The first-order chi connectivity index (χ1) is 13.9. The number of nitro benzene ring substituents is 1. The van der Waals surface area contributed by atoms with Crippen LogP contribution in [0.3, 0.4) is 0 Å². The van der Waals surface area contributed by atoms with Gasteiger partial charge in [0.25, 0.3) is 5.91 Å². The van der Waals surface area contributed by atoms with Gasteiger partial charge in [-0.3, -0.25) is 19.7 Å². The maximum absolute atomic E-state index is 12.1. The number of ketones is 1. The van der Waals surface area contributed by atoms with Crippen LogP contribution in [0.15, 0.2) is 36.0 Å². The van der Waals surface area contributed by atoms with Crippen molar-refractivity contribution in [2.75, 3.05) is 6.61 Å². The fourth-order valence-electron chi connectivity index (χ4n) is 3.92. The minimum atomic E-state index is -0.544. The fourth-order valence-corrected chi connectivity index (χ4v) is 3.92. The van der Waals surface area contributed by atoms with Crippen LogP contribution in [0.4, 0.5) is 5.69 Å². The normalized spacial score (nSPS) is 19.3. The fraction of sp³-hybridized carbons (Fsp3) is 0.455. The van der Waals surface area contributed by atoms with Crippen LogP contribution in [-0.4, -0.2) is 23.2 Å². The highest BCUT2D eigenvalue weighted by atomic mass is 16.6. The molecule has 29 heavy (non-hydrogen) atoms. The highest BCUT2D eigenvalue weighted by molar-refractivity contribution is 6.25. The van der Waals surface area contributed by atoms with Crippen molar-refractivity contribution in [3.8, 4) is 5.75 Å². The molecule has 1 N–H and O–H groups in total. The molecule has 2 aliphatic rings. The second kappa shape index (κ2) is 9.49. The Labute approximate surface area is 170 Å². The van der Waals surface area contributed by atoms with E-state index in [0.29, 0.717) is 17.9 Å². The summed E-state index contributed by atoms with van der Waals surface area (Å²) in [5.41, 5.74) is 0.537.